The van der Waals surface area contributed by atoms with Crippen molar-refractivity contribution in [1.82, 2.24) is 19.4 Å². The average Bonchev–Trinajstić information content (AvgIpc) is 3.88. The second-order valence-electron chi connectivity index (χ2n) is 10.8. The number of anilines is 1. The molecule has 1 aromatic carbocycles. The number of sulfonamides is 2. The highest BCUT2D eigenvalue weighted by atomic mass is 32.2. The minimum absolute atomic E-state index is 0.0225. The monoisotopic (exact) mass is 741 g/mol. The molecule has 21 heteroatoms. The van der Waals surface area contributed by atoms with E-state index in [1.165, 1.54) is 26.4 Å². The molecule has 0 atom stereocenters. The van der Waals surface area contributed by atoms with E-state index in [9.17, 15) is 51.0 Å². The topological polar surface area (TPSA) is 284 Å². The molecule has 2 aromatic rings. The highest BCUT2D eigenvalue weighted by Crippen LogP contribution is 2.38. The maximum atomic E-state index is 12.7. The number of hydrogen-bond acceptors (Lipinski definition) is 15. The van der Waals surface area contributed by atoms with E-state index in [1.807, 2.05) is 0 Å². The number of ether oxygens (including phenoxy) is 3. The molecule has 2 aliphatic carbocycles. The van der Waals surface area contributed by atoms with Crippen LogP contribution in [-0.2, 0) is 45.7 Å². The first kappa shape index (κ1) is 39.3. The molecule has 0 unspecified atom stereocenters. The van der Waals surface area contributed by atoms with Gasteiger partial charge in [0.25, 0.3) is 10.0 Å². The van der Waals surface area contributed by atoms with Gasteiger partial charge in [0.05, 0.1) is 50.2 Å². The Bertz CT molecular complexity index is 1880. The number of rotatable bonds is 12. The van der Waals surface area contributed by atoms with Gasteiger partial charge < -0.3 is 24.4 Å². The number of carbonyl (C=O) groups is 5. The third kappa shape index (κ3) is 10.9. The first-order valence-corrected chi connectivity index (χ1v) is 18.0. The van der Waals surface area contributed by atoms with Gasteiger partial charge in [-0.1, -0.05) is 6.07 Å². The molecule has 2 aliphatic rings. The lowest BCUT2D eigenvalue weighted by molar-refractivity contribution is -0.151. The molecule has 0 radical (unpaired) electrons. The normalized spacial score (nSPS) is 16.0. The Morgan fingerprint density at radius 3 is 1.98 bits per heavy atom. The van der Waals surface area contributed by atoms with Crippen LogP contribution >= 0.6 is 0 Å². The third-order valence-electron chi connectivity index (χ3n) is 6.92. The van der Waals surface area contributed by atoms with Crippen LogP contribution in [0.25, 0.3) is 0 Å². The lowest BCUT2D eigenvalue weighted by Crippen LogP contribution is -2.35. The number of nitrogens with one attached hydrogen (secondary N) is 3. The molecule has 0 bridgehead atoms. The lowest BCUT2D eigenvalue weighted by Gasteiger charge is -2.21. The number of aromatic nitrogens is 2. The van der Waals surface area contributed by atoms with Crippen LogP contribution in [0.15, 0.2) is 40.5 Å². The smallest absolute Gasteiger partial charge is 0.337 e. The Kier molecular flexibility index (Phi) is 13.0. The van der Waals surface area contributed by atoms with E-state index in [0.29, 0.717) is 0 Å². The lowest BCUT2D eigenvalue weighted by atomic mass is 9.82. The zero-order valence-electron chi connectivity index (χ0n) is 27.2. The molecule has 2 fully saturated rings. The number of carboxylic acid groups (broad SMARTS) is 1. The van der Waals surface area contributed by atoms with E-state index in [1.54, 1.807) is 11.6 Å². The number of urea groups is 1. The molecule has 5 N–H and O–H groups in total. The van der Waals surface area contributed by atoms with Gasteiger partial charge in [-0.25, -0.2) is 35.9 Å². The van der Waals surface area contributed by atoms with Gasteiger partial charge in [0.15, 0.2) is 11.6 Å². The summed E-state index contributed by atoms with van der Waals surface area (Å²) in [5.41, 5.74) is -0.576. The number of aliphatic hydroxyl groups is 1. The van der Waals surface area contributed by atoms with Crippen LogP contribution < -0.4 is 24.2 Å². The number of Topliss-reactive ketones (excluding diaryl/α,β-unsaturated/α-hetero) is 2. The Labute approximate surface area is 286 Å². The molecular weight excluding hydrogens is 706 g/mol. The van der Waals surface area contributed by atoms with Crippen LogP contribution in [0.3, 0.4) is 0 Å². The van der Waals surface area contributed by atoms with Crippen molar-refractivity contribution < 1.29 is 65.2 Å². The minimum Gasteiger partial charge on any atom is -0.511 e. The zero-order chi connectivity index (χ0) is 37.4. The maximum absolute atomic E-state index is 12.7. The van der Waals surface area contributed by atoms with Crippen molar-refractivity contribution >= 4 is 55.5 Å². The van der Waals surface area contributed by atoms with Crippen LogP contribution in [0.2, 0.25) is 0 Å². The van der Waals surface area contributed by atoms with Gasteiger partial charge in [-0.15, -0.1) is 0 Å². The van der Waals surface area contributed by atoms with Crippen LogP contribution in [0.1, 0.15) is 48.5 Å². The summed E-state index contributed by atoms with van der Waals surface area (Å²) in [6.45, 7) is 1.60. The van der Waals surface area contributed by atoms with E-state index in [0.717, 1.165) is 31.2 Å². The first-order chi connectivity index (χ1) is 23.4. The third-order valence-corrected chi connectivity index (χ3v) is 8.96. The minimum atomic E-state index is -4.70. The number of aliphatic hydroxyl groups excluding tert-OH is 1. The second-order valence-corrected chi connectivity index (χ2v) is 14.3. The van der Waals surface area contributed by atoms with Crippen molar-refractivity contribution in [3.05, 3.63) is 46.7 Å². The molecule has 2 amide bonds. The van der Waals surface area contributed by atoms with Gasteiger partial charge in [0.1, 0.15) is 10.7 Å². The number of aromatic carboxylic acids is 1. The number of carboxylic acids is 1. The van der Waals surface area contributed by atoms with Gasteiger partial charge >= 0.3 is 18.0 Å². The number of esters is 1. The van der Waals surface area contributed by atoms with E-state index < -0.39 is 66.0 Å². The van der Waals surface area contributed by atoms with Crippen molar-refractivity contribution in [3.63, 3.8) is 0 Å². The van der Waals surface area contributed by atoms with E-state index in [4.69, 9.17) is 14.2 Å². The highest BCUT2D eigenvalue weighted by Gasteiger charge is 2.40. The van der Waals surface area contributed by atoms with Crippen molar-refractivity contribution in [1.29, 1.82) is 0 Å². The number of allylic oxidation sites excluding steroid dienone is 2. The van der Waals surface area contributed by atoms with Crippen LogP contribution in [0.4, 0.5) is 10.7 Å². The summed E-state index contributed by atoms with van der Waals surface area (Å²) in [6.07, 6.45) is 2.44. The van der Waals surface area contributed by atoms with E-state index >= 15 is 0 Å². The Morgan fingerprint density at radius 1 is 0.920 bits per heavy atom. The SMILES string of the molecule is CCOC(=O)C1CC(=O)C(=C(O)C2CC2)C(=O)C1.COc1cc(OC)nc(NC(=O)NS(=O)(=O)c2cc(CNS(C)(=O)=O)ccc2C(=O)O)n1. The predicted octanol–water partition coefficient (Wildman–Crippen LogP) is 1.07. The van der Waals surface area contributed by atoms with E-state index in [-0.39, 0.29) is 66.5 Å². The Balaban J connectivity index is 0.000000316. The summed E-state index contributed by atoms with van der Waals surface area (Å²) in [5, 5.41) is 21.2. The van der Waals surface area contributed by atoms with Crippen molar-refractivity contribution in [2.75, 3.05) is 32.4 Å². The fourth-order valence-corrected chi connectivity index (χ4v) is 6.00. The average molecular weight is 742 g/mol. The van der Waals surface area contributed by atoms with Gasteiger partial charge in [0.2, 0.25) is 27.7 Å². The van der Waals surface area contributed by atoms with Gasteiger partial charge in [-0.05, 0) is 37.5 Å². The molecule has 0 spiro atoms. The molecule has 1 heterocycles. The summed E-state index contributed by atoms with van der Waals surface area (Å²) >= 11 is 0. The molecular formula is C29H35N5O14S2. The molecule has 0 aliphatic heterocycles. The van der Waals surface area contributed by atoms with E-state index in [2.05, 4.69) is 20.0 Å². The molecule has 4 rings (SSSR count). The van der Waals surface area contributed by atoms with Crippen molar-refractivity contribution in [3.8, 4) is 11.8 Å². The standard InChI is InChI=1S/C16H19N5O9S2.C13H16O5/c1-29-12-7-13(30-2)19-15(18-12)20-16(24)21-32(27,28)11-6-9(8-17-31(3,25)26)4-5-10(11)14(22)23;1-2-18-13(17)8-5-9(14)11(10(15)6-8)12(16)7-3-4-7/h4-7,17H,8H2,1-3H3,(H,22,23)(H2,18,19,20,21,24);7-8,16H,2-6H2,1H3. The highest BCUT2D eigenvalue weighted by molar-refractivity contribution is 7.90. The summed E-state index contributed by atoms with van der Waals surface area (Å²) in [4.78, 5) is 65.8. The van der Waals surface area contributed by atoms with Gasteiger partial charge in [-0.2, -0.15) is 9.97 Å². The summed E-state index contributed by atoms with van der Waals surface area (Å²) in [7, 11) is -5.69. The Hall–Kier alpha value is -5.15. The molecule has 50 heavy (non-hydrogen) atoms. The van der Waals surface area contributed by atoms with Crippen molar-refractivity contribution in [2.24, 2.45) is 11.8 Å². The fourth-order valence-electron chi connectivity index (χ4n) is 4.42. The number of amides is 2. The fraction of sp³-hybridized carbons (Fsp3) is 0.414. The summed E-state index contributed by atoms with van der Waals surface area (Å²) in [5.74, 6) is -4.07. The number of ketones is 2. The summed E-state index contributed by atoms with van der Waals surface area (Å²) in [6, 6.07) is 3.16. The van der Waals surface area contributed by atoms with Crippen molar-refractivity contribution in [2.45, 2.75) is 44.0 Å². The van der Waals surface area contributed by atoms with Crippen LogP contribution in [-0.4, -0.2) is 93.6 Å². The second kappa shape index (κ2) is 16.5. The molecule has 2 saturated carbocycles. The molecule has 19 nitrogen and oxygen atoms in total. The number of methoxy groups -OCH3 is 2. The van der Waals surface area contributed by atoms with Gasteiger partial charge in [-0.3, -0.25) is 19.7 Å². The van der Waals surface area contributed by atoms with Crippen LogP contribution in [0.5, 0.6) is 11.8 Å². The zero-order valence-corrected chi connectivity index (χ0v) is 28.8. The Morgan fingerprint density at radius 2 is 1.50 bits per heavy atom. The number of nitrogens with zero attached hydrogens (tertiary/aromatic N) is 2. The predicted molar refractivity (Wildman–Crippen MR) is 171 cm³/mol. The largest absolute Gasteiger partial charge is 0.511 e. The maximum Gasteiger partial charge on any atom is 0.337 e. The quantitative estimate of drug-likeness (QED) is 0.0880. The number of hydrogen-bond donors (Lipinski definition) is 5. The number of benzene rings is 1. The molecule has 1 aromatic heterocycles. The first-order valence-electron chi connectivity index (χ1n) is 14.7. The van der Waals surface area contributed by atoms with Gasteiger partial charge in [0, 0.05) is 25.3 Å². The number of carbonyl (C=O) groups excluding carboxylic acids is 4. The molecule has 0 saturated heterocycles. The summed E-state index contributed by atoms with van der Waals surface area (Å²) < 4.78 is 66.3. The van der Waals surface area contributed by atoms with Crippen LogP contribution in [0, 0.1) is 11.8 Å². The molecule has 272 valence electrons.